The summed E-state index contributed by atoms with van der Waals surface area (Å²) in [6, 6.07) is 0.107. The molecule has 2 saturated heterocycles. The van der Waals surface area contributed by atoms with E-state index in [0.29, 0.717) is 34.2 Å². The molecule has 17 nitrogen and oxygen atoms in total. The van der Waals surface area contributed by atoms with Crippen molar-refractivity contribution in [1.29, 1.82) is 0 Å². The molecule has 282 valence electrons. The Balaban J connectivity index is 1.29. The molecule has 0 bridgehead atoms. The number of carbonyl (C=O) groups is 4. The number of thiazole rings is 1. The number of fused-ring (bicyclic) bond motifs is 2. The highest BCUT2D eigenvalue weighted by atomic mass is 35.5. The highest BCUT2D eigenvalue weighted by molar-refractivity contribution is 8.00. The molecule has 0 spiro atoms. The Kier molecular flexibility index (Phi) is 9.90. The molecule has 6 rings (SSSR count). The van der Waals surface area contributed by atoms with E-state index in [0.717, 1.165) is 29.1 Å². The number of quaternary nitrogens is 1. The van der Waals surface area contributed by atoms with Gasteiger partial charge in [0.25, 0.3) is 11.8 Å². The van der Waals surface area contributed by atoms with Crippen molar-refractivity contribution in [2.24, 2.45) is 12.2 Å². The number of nitrogens with zero attached hydrogens (tertiary/aromatic N) is 5. The van der Waals surface area contributed by atoms with Gasteiger partial charge in [0.1, 0.15) is 35.9 Å². The molecular weight excluding hydrogens is 754 g/mol. The van der Waals surface area contributed by atoms with Crippen molar-refractivity contribution in [1.82, 2.24) is 19.8 Å². The van der Waals surface area contributed by atoms with E-state index >= 15 is 0 Å². The molecule has 3 aliphatic rings. The van der Waals surface area contributed by atoms with Gasteiger partial charge in [0.2, 0.25) is 5.60 Å². The van der Waals surface area contributed by atoms with Crippen molar-refractivity contribution in [2.45, 2.75) is 62.4 Å². The zero-order valence-corrected chi connectivity index (χ0v) is 31.3. The molecular formula is C33H37ClN7O10S2+. The first-order chi connectivity index (χ1) is 24.9. The Morgan fingerprint density at radius 2 is 1.87 bits per heavy atom. The SMILES string of the molecule is C[C@@H]1S[C@@H]2[C@H](NC(=O)C(=NOC(C)(C)C(=O)O)c3csc(N)n3)C(=O)N2C(C(=O)O)=C1C[N+]1(Cc2cn(C)c3cc(O)c(O)c(Cl)c3c2=O)CCCC1. The van der Waals surface area contributed by atoms with Crippen molar-refractivity contribution in [3.05, 3.63) is 55.4 Å². The monoisotopic (exact) mass is 790 g/mol. The van der Waals surface area contributed by atoms with Crippen molar-refractivity contribution in [2.75, 3.05) is 25.4 Å². The lowest BCUT2D eigenvalue weighted by Crippen LogP contribution is -2.71. The predicted molar refractivity (Wildman–Crippen MR) is 195 cm³/mol. The van der Waals surface area contributed by atoms with Crippen molar-refractivity contribution >= 4 is 80.2 Å². The minimum Gasteiger partial charge on any atom is -0.504 e. The molecule has 0 unspecified atom stereocenters. The highest BCUT2D eigenvalue weighted by Gasteiger charge is 2.57. The molecule has 3 aromatic rings. The Labute approximate surface area is 314 Å². The Morgan fingerprint density at radius 3 is 2.47 bits per heavy atom. The number of β-lactam (4-membered cyclic amide) rings is 1. The van der Waals surface area contributed by atoms with Crippen LogP contribution in [0.25, 0.3) is 10.9 Å². The van der Waals surface area contributed by atoms with Crippen LogP contribution in [0.4, 0.5) is 5.13 Å². The molecule has 1 aromatic carbocycles. The zero-order valence-electron chi connectivity index (χ0n) is 29.0. The minimum atomic E-state index is -1.81. The molecule has 2 fully saturated rings. The number of nitrogens with one attached hydrogen (secondary N) is 1. The fourth-order valence-corrected chi connectivity index (χ4v) is 9.18. The number of rotatable bonds is 11. The van der Waals surface area contributed by atoms with Crippen molar-refractivity contribution in [3.8, 4) is 11.5 Å². The number of aromatic nitrogens is 2. The second-order valence-electron chi connectivity index (χ2n) is 13.8. The van der Waals surface area contributed by atoms with Gasteiger partial charge in [0.15, 0.2) is 27.8 Å². The Bertz CT molecular complexity index is 2190. The second-order valence-corrected chi connectivity index (χ2v) is 16.5. The summed E-state index contributed by atoms with van der Waals surface area (Å²) in [5, 5.41) is 46.8. The maximum atomic E-state index is 13.8. The molecule has 5 heterocycles. The fourth-order valence-electron chi connectivity index (χ4n) is 6.91. The van der Waals surface area contributed by atoms with E-state index in [1.807, 2.05) is 6.92 Å². The second kappa shape index (κ2) is 13.9. The summed E-state index contributed by atoms with van der Waals surface area (Å²) in [7, 11) is 1.69. The van der Waals surface area contributed by atoms with Gasteiger partial charge in [-0.25, -0.2) is 14.6 Å². The van der Waals surface area contributed by atoms with Gasteiger partial charge in [-0.05, 0) is 20.8 Å². The number of nitrogen functional groups attached to an aromatic ring is 1. The number of amides is 2. The van der Waals surface area contributed by atoms with Gasteiger partial charge in [-0.2, -0.15) is 0 Å². The molecule has 7 N–H and O–H groups in total. The maximum Gasteiger partial charge on any atom is 0.352 e. The van der Waals surface area contributed by atoms with Crippen LogP contribution in [-0.2, 0) is 37.6 Å². The van der Waals surface area contributed by atoms with E-state index in [2.05, 4.69) is 15.5 Å². The molecule has 0 saturated carbocycles. The molecule has 2 aromatic heterocycles. The number of benzene rings is 1. The Morgan fingerprint density at radius 1 is 1.19 bits per heavy atom. The lowest BCUT2D eigenvalue weighted by atomic mass is 9.99. The third kappa shape index (κ3) is 6.77. The number of carboxylic acid groups (broad SMARTS) is 2. The summed E-state index contributed by atoms with van der Waals surface area (Å²) in [5.74, 6) is -5.30. The van der Waals surface area contributed by atoms with Crippen LogP contribution in [0.2, 0.25) is 5.02 Å². The summed E-state index contributed by atoms with van der Waals surface area (Å²) < 4.78 is 1.97. The number of thioether (sulfide) groups is 1. The first-order valence-electron chi connectivity index (χ1n) is 16.4. The number of aryl methyl sites for hydroxylation is 1. The van der Waals surface area contributed by atoms with Crippen molar-refractivity contribution < 1.29 is 48.9 Å². The number of pyridine rings is 1. The van der Waals surface area contributed by atoms with E-state index in [1.165, 1.54) is 37.1 Å². The number of hydrogen-bond donors (Lipinski definition) is 6. The molecule has 0 radical (unpaired) electrons. The number of halogens is 1. The summed E-state index contributed by atoms with van der Waals surface area (Å²) in [6.07, 6.45) is 3.29. The van der Waals surface area contributed by atoms with Crippen LogP contribution in [0, 0.1) is 0 Å². The number of carbonyl (C=O) groups excluding carboxylic acids is 2. The summed E-state index contributed by atoms with van der Waals surface area (Å²) in [5.41, 5.74) is 4.12. The van der Waals surface area contributed by atoms with E-state index in [-0.39, 0.29) is 40.0 Å². The molecule has 3 aliphatic heterocycles. The number of anilines is 1. The summed E-state index contributed by atoms with van der Waals surface area (Å²) in [4.78, 5) is 75.9. The normalized spacial score (nSPS) is 21.4. The van der Waals surface area contributed by atoms with Crippen molar-refractivity contribution in [3.63, 3.8) is 0 Å². The van der Waals surface area contributed by atoms with Gasteiger partial charge in [-0.15, -0.1) is 23.1 Å². The zero-order chi connectivity index (χ0) is 38.7. The molecule has 53 heavy (non-hydrogen) atoms. The lowest BCUT2D eigenvalue weighted by molar-refractivity contribution is -0.925. The average molecular weight is 791 g/mol. The van der Waals surface area contributed by atoms with Crippen LogP contribution in [0.3, 0.4) is 0 Å². The Hall–Kier alpha value is -4.85. The first kappa shape index (κ1) is 37.9. The summed E-state index contributed by atoms with van der Waals surface area (Å²) in [6.45, 7) is 5.99. The number of phenolic OH excluding ortho intramolecular Hbond substituents is 2. The number of nitrogens with two attached hydrogens (primary N) is 1. The van der Waals surface area contributed by atoms with Gasteiger partial charge in [-0.1, -0.05) is 16.8 Å². The number of aromatic hydroxyl groups is 2. The number of hydrogen-bond acceptors (Lipinski definition) is 13. The smallest absolute Gasteiger partial charge is 0.352 e. The van der Waals surface area contributed by atoms with Gasteiger partial charge < -0.3 is 45.4 Å². The van der Waals surface area contributed by atoms with E-state index < -0.39 is 68.7 Å². The number of carboxylic acids is 2. The number of likely N-dealkylation sites (tertiary alicyclic amines) is 1. The van der Waals surface area contributed by atoms with Crippen LogP contribution in [-0.4, -0.2) is 111 Å². The number of oxime groups is 1. The van der Waals surface area contributed by atoms with Crippen LogP contribution < -0.4 is 16.5 Å². The standard InChI is InChI=1S/C33H36ClN7O10S2/c1-14-16(12-41(7-5-6-8-41)11-15-10-39(4)18-9-19(42)26(44)21(34)20(18)25(15)43)24(30(47)48)40-28(46)23(29(40)53-14)37-27(45)22(17-13-52-32(35)36-17)38-51-33(2,3)31(49)50/h9-10,13-14,23,29H,5-8,11-12H2,1-4H3,(H6-,35,36,37,38,42,43,44,45,47,48,49,50)/p+1/t14-,23+,29+/m0/s1. The average Bonchev–Trinajstić information content (AvgIpc) is 3.74. The van der Waals surface area contributed by atoms with Crippen LogP contribution in [0.15, 0.2) is 38.9 Å². The number of aliphatic carboxylic acids is 2. The topological polar surface area (TPSA) is 247 Å². The quantitative estimate of drug-likeness (QED) is 0.0537. The van der Waals surface area contributed by atoms with Crippen LogP contribution >= 0.6 is 34.7 Å². The first-order valence-corrected chi connectivity index (χ1v) is 18.6. The van der Waals surface area contributed by atoms with Gasteiger partial charge in [-0.3, -0.25) is 19.3 Å². The molecule has 3 atom stereocenters. The van der Waals surface area contributed by atoms with Gasteiger partial charge >= 0.3 is 11.9 Å². The van der Waals surface area contributed by atoms with Crippen LogP contribution in [0.1, 0.15) is 44.9 Å². The molecule has 2 amide bonds. The predicted octanol–water partition coefficient (Wildman–Crippen LogP) is 2.16. The van der Waals surface area contributed by atoms with E-state index in [4.69, 9.17) is 22.2 Å². The molecule has 20 heteroatoms. The summed E-state index contributed by atoms with van der Waals surface area (Å²) >= 11 is 8.64. The van der Waals surface area contributed by atoms with E-state index in [9.17, 15) is 44.4 Å². The van der Waals surface area contributed by atoms with Crippen LogP contribution in [0.5, 0.6) is 11.5 Å². The third-order valence-electron chi connectivity index (χ3n) is 9.75. The van der Waals surface area contributed by atoms with Gasteiger partial charge in [0, 0.05) is 48.4 Å². The molecule has 0 aliphatic carbocycles. The lowest BCUT2D eigenvalue weighted by Gasteiger charge is -2.51. The van der Waals surface area contributed by atoms with Gasteiger partial charge in [0.05, 0.1) is 34.6 Å². The largest absolute Gasteiger partial charge is 0.504 e. The minimum absolute atomic E-state index is 0.00835. The fraction of sp³-hybridized carbons (Fsp3) is 0.424. The highest BCUT2D eigenvalue weighted by Crippen LogP contribution is 2.45. The number of phenols is 2. The van der Waals surface area contributed by atoms with E-state index in [1.54, 1.807) is 17.8 Å². The maximum absolute atomic E-state index is 13.8. The third-order valence-corrected chi connectivity index (χ3v) is 12.2.